The highest BCUT2D eigenvalue weighted by molar-refractivity contribution is 5.93. The summed E-state index contributed by atoms with van der Waals surface area (Å²) in [6.07, 6.45) is 0.674. The van der Waals surface area contributed by atoms with Crippen molar-refractivity contribution in [3.8, 4) is 0 Å². The number of nitrogens with zero attached hydrogens (tertiary/aromatic N) is 6. The van der Waals surface area contributed by atoms with E-state index in [2.05, 4.69) is 15.3 Å². The van der Waals surface area contributed by atoms with Gasteiger partial charge in [0.1, 0.15) is 12.6 Å². The van der Waals surface area contributed by atoms with Crippen LogP contribution in [0.15, 0.2) is 35.4 Å². The Morgan fingerprint density at radius 1 is 0.892 bits per heavy atom. The van der Waals surface area contributed by atoms with Crippen LogP contribution in [0.3, 0.4) is 0 Å². The second kappa shape index (κ2) is 29.1. The number of esters is 1. The van der Waals surface area contributed by atoms with E-state index in [0.29, 0.717) is 25.8 Å². The minimum atomic E-state index is -0.919. The number of Topliss-reactive ketones (excluding diaryl/α,β-unsaturated/α-hetero) is 1. The number of likely N-dealkylation sites (N-methyl/N-ethyl adjacent to an activating group) is 2. The Bertz CT molecular complexity index is 1710. The number of nitrogens with one attached hydrogen (secondary N) is 1. The van der Waals surface area contributed by atoms with Gasteiger partial charge in [-0.1, -0.05) is 90.3 Å². The molecule has 366 valence electrons. The standard InChI is InChI=1S/C47H77N7O11/c1-13-32(6)43(53(9)46(59)35(30(2)3)27-38(55)42(31(4)5)52(8)41(57)29-65-25-24-64-23-21-49-51-48)39(61-10)28-40(56)54-22-17-20-37(54)44(62-11)33(7)45(58)50-36(47(60)63-12)26-34-18-15-14-16-19-34/h14-16,18-19,30-33,35-37,39,42-44H,13,17,20-29H2,1-12H3,(H,50,58)/t32?,33-,35+,36?,37+,39-,42+,43+,44-/m1/s1. The zero-order valence-corrected chi connectivity index (χ0v) is 40.9. The molecule has 18 nitrogen and oxygen atoms in total. The van der Waals surface area contributed by atoms with Gasteiger partial charge in [0.05, 0.1) is 69.6 Å². The van der Waals surface area contributed by atoms with E-state index in [0.717, 1.165) is 5.56 Å². The number of methoxy groups -OCH3 is 3. The number of ketones is 1. The third kappa shape index (κ3) is 17.0. The molecule has 0 bridgehead atoms. The number of likely N-dealkylation sites (tertiary alicyclic amines) is 1. The van der Waals surface area contributed by atoms with Crippen LogP contribution < -0.4 is 5.32 Å². The molecule has 18 heteroatoms. The maximum absolute atomic E-state index is 14.6. The van der Waals surface area contributed by atoms with Crippen molar-refractivity contribution < 1.29 is 52.5 Å². The van der Waals surface area contributed by atoms with Crippen molar-refractivity contribution in [2.45, 2.75) is 123 Å². The molecule has 2 unspecified atom stereocenters. The van der Waals surface area contributed by atoms with Crippen molar-refractivity contribution in [3.63, 3.8) is 0 Å². The average Bonchev–Trinajstić information content (AvgIpc) is 3.77. The summed E-state index contributed by atoms with van der Waals surface area (Å²) in [4.78, 5) is 90.1. The molecule has 0 aromatic heterocycles. The van der Waals surface area contributed by atoms with E-state index in [1.807, 2.05) is 71.9 Å². The van der Waals surface area contributed by atoms with Crippen molar-refractivity contribution in [3.05, 3.63) is 46.3 Å². The zero-order valence-electron chi connectivity index (χ0n) is 40.9. The highest BCUT2D eigenvalue weighted by Gasteiger charge is 2.44. The first kappa shape index (κ1) is 56.5. The molecule has 1 heterocycles. The van der Waals surface area contributed by atoms with Crippen molar-refractivity contribution in [2.24, 2.45) is 34.7 Å². The Balaban J connectivity index is 2.23. The number of azide groups is 1. The van der Waals surface area contributed by atoms with Crippen LogP contribution in [0.2, 0.25) is 0 Å². The molecule has 0 saturated carbocycles. The first-order valence-electron chi connectivity index (χ1n) is 22.9. The van der Waals surface area contributed by atoms with E-state index in [-0.39, 0.29) is 93.5 Å². The second-order valence-electron chi connectivity index (χ2n) is 17.7. The number of rotatable bonds is 30. The number of amides is 4. The maximum Gasteiger partial charge on any atom is 0.328 e. The normalized spacial score (nSPS) is 17.5. The van der Waals surface area contributed by atoms with Crippen LogP contribution in [0, 0.1) is 29.6 Å². The van der Waals surface area contributed by atoms with Crippen LogP contribution in [0.4, 0.5) is 0 Å². The summed E-state index contributed by atoms with van der Waals surface area (Å²) < 4.78 is 27.8. The molecule has 1 fully saturated rings. The summed E-state index contributed by atoms with van der Waals surface area (Å²) in [5, 5.41) is 6.25. The lowest BCUT2D eigenvalue weighted by Crippen LogP contribution is -2.55. The smallest absolute Gasteiger partial charge is 0.328 e. The molecule has 0 radical (unpaired) electrons. The molecular formula is C47H77N7O11. The highest BCUT2D eigenvalue weighted by atomic mass is 16.5. The van der Waals surface area contributed by atoms with Crippen molar-refractivity contribution in [1.82, 2.24) is 20.0 Å². The number of ether oxygens (including phenoxy) is 5. The number of hydrogen-bond acceptors (Lipinski definition) is 12. The van der Waals surface area contributed by atoms with E-state index in [1.54, 1.807) is 30.8 Å². The summed E-state index contributed by atoms with van der Waals surface area (Å²) in [5.41, 5.74) is 9.22. The molecule has 0 spiro atoms. The topological polar surface area (TPSA) is 219 Å². The van der Waals surface area contributed by atoms with Gasteiger partial charge in [0.15, 0.2) is 5.78 Å². The second-order valence-corrected chi connectivity index (χ2v) is 17.7. The third-order valence-electron chi connectivity index (χ3n) is 12.7. The summed E-state index contributed by atoms with van der Waals surface area (Å²) in [7, 11) is 7.57. The van der Waals surface area contributed by atoms with Gasteiger partial charge in [-0.05, 0) is 41.7 Å². The van der Waals surface area contributed by atoms with E-state index < -0.39 is 60.1 Å². The number of benzene rings is 1. The van der Waals surface area contributed by atoms with Gasteiger partial charge in [0, 0.05) is 65.1 Å². The van der Waals surface area contributed by atoms with Gasteiger partial charge in [0.2, 0.25) is 23.6 Å². The first-order chi connectivity index (χ1) is 30.9. The summed E-state index contributed by atoms with van der Waals surface area (Å²) in [5.74, 6) is -4.12. The van der Waals surface area contributed by atoms with Gasteiger partial charge >= 0.3 is 5.97 Å². The van der Waals surface area contributed by atoms with Gasteiger partial charge in [-0.2, -0.15) is 0 Å². The zero-order chi connectivity index (χ0) is 48.8. The minimum absolute atomic E-state index is 0.0460. The molecule has 1 aromatic carbocycles. The van der Waals surface area contributed by atoms with Crippen LogP contribution in [-0.2, 0) is 58.9 Å². The third-order valence-corrected chi connectivity index (χ3v) is 12.7. The van der Waals surface area contributed by atoms with E-state index in [9.17, 15) is 28.8 Å². The summed E-state index contributed by atoms with van der Waals surface area (Å²) >= 11 is 0. The molecule has 9 atom stereocenters. The summed E-state index contributed by atoms with van der Waals surface area (Å²) in [6.45, 7) is 14.2. The van der Waals surface area contributed by atoms with E-state index in [1.165, 1.54) is 26.2 Å². The molecular weight excluding hydrogens is 839 g/mol. The van der Waals surface area contributed by atoms with Gasteiger partial charge in [-0.25, -0.2) is 4.79 Å². The predicted molar refractivity (Wildman–Crippen MR) is 245 cm³/mol. The van der Waals surface area contributed by atoms with Crippen LogP contribution >= 0.6 is 0 Å². The SMILES string of the molecule is CCC(C)[C@@H]([C@@H](CC(=O)N1CCC[C@H]1[C@H](OC)[C@@H](C)C(=O)NC(Cc1ccccc1)C(=O)OC)OC)N(C)C(=O)[C@@H](CC(=O)[C@H](C(C)C)N(C)C(=O)COCCOCCN=[N+]=[N-])C(C)C. The molecule has 1 aromatic rings. The first-order valence-corrected chi connectivity index (χ1v) is 22.9. The Morgan fingerprint density at radius 2 is 1.55 bits per heavy atom. The number of carbonyl (C=O) groups excluding carboxylic acids is 6. The van der Waals surface area contributed by atoms with Crippen LogP contribution in [0.25, 0.3) is 10.4 Å². The Kier molecular flexibility index (Phi) is 25.3. The largest absolute Gasteiger partial charge is 0.467 e. The molecule has 2 rings (SSSR count). The van der Waals surface area contributed by atoms with Crippen LogP contribution in [0.5, 0.6) is 0 Å². The average molecular weight is 916 g/mol. The van der Waals surface area contributed by atoms with Crippen molar-refractivity contribution in [1.29, 1.82) is 0 Å². The molecule has 1 aliphatic heterocycles. The molecule has 1 N–H and O–H groups in total. The molecule has 1 saturated heterocycles. The Morgan fingerprint density at radius 3 is 2.12 bits per heavy atom. The van der Waals surface area contributed by atoms with E-state index >= 15 is 0 Å². The fourth-order valence-corrected chi connectivity index (χ4v) is 8.82. The minimum Gasteiger partial charge on any atom is -0.467 e. The van der Waals surface area contributed by atoms with E-state index in [4.69, 9.17) is 29.2 Å². The highest BCUT2D eigenvalue weighted by Crippen LogP contribution is 2.31. The van der Waals surface area contributed by atoms with Crippen molar-refractivity contribution in [2.75, 3.05) is 74.9 Å². The molecule has 0 aliphatic carbocycles. The number of hydrogen-bond donors (Lipinski definition) is 1. The lowest BCUT2D eigenvalue weighted by atomic mass is 9.83. The van der Waals surface area contributed by atoms with Crippen LogP contribution in [0.1, 0.15) is 86.1 Å². The fourth-order valence-electron chi connectivity index (χ4n) is 8.82. The fraction of sp³-hybridized carbons (Fsp3) is 0.745. The van der Waals surface area contributed by atoms with Crippen LogP contribution in [-0.4, -0.2) is 161 Å². The maximum atomic E-state index is 14.6. The molecule has 65 heavy (non-hydrogen) atoms. The lowest BCUT2D eigenvalue weighted by Gasteiger charge is -2.41. The van der Waals surface area contributed by atoms with Gasteiger partial charge in [-0.3, -0.25) is 24.0 Å². The van der Waals surface area contributed by atoms with Crippen molar-refractivity contribution >= 4 is 35.4 Å². The Hall–Kier alpha value is -4.61. The quantitative estimate of drug-likeness (QED) is 0.0361. The lowest BCUT2D eigenvalue weighted by molar-refractivity contribution is -0.150. The van der Waals surface area contributed by atoms with Gasteiger partial charge in [0.25, 0.3) is 0 Å². The predicted octanol–water partition coefficient (Wildman–Crippen LogP) is 4.87. The molecule has 1 aliphatic rings. The summed E-state index contributed by atoms with van der Waals surface area (Å²) in [6, 6.07) is 6.63. The molecule has 4 amide bonds. The van der Waals surface area contributed by atoms with Gasteiger partial charge in [-0.15, -0.1) is 0 Å². The monoisotopic (exact) mass is 916 g/mol. The van der Waals surface area contributed by atoms with Gasteiger partial charge < -0.3 is 43.7 Å². The Labute approximate surface area is 386 Å². The number of carbonyl (C=O) groups is 6.